The van der Waals surface area contributed by atoms with Crippen molar-refractivity contribution in [1.82, 2.24) is 4.90 Å². The Morgan fingerprint density at radius 3 is 2.56 bits per heavy atom. The van der Waals surface area contributed by atoms with Gasteiger partial charge in [0, 0.05) is 25.0 Å². The van der Waals surface area contributed by atoms with Gasteiger partial charge in [0.1, 0.15) is 5.57 Å². The molecule has 2 amide bonds. The van der Waals surface area contributed by atoms with Gasteiger partial charge in [0.05, 0.1) is 12.7 Å². The van der Waals surface area contributed by atoms with Crippen molar-refractivity contribution in [3.05, 3.63) is 58.8 Å². The Balaban J connectivity index is 2.13. The first-order valence-electron chi connectivity index (χ1n) is 7.91. The SMILES string of the molecule is CCN1/C(=C/C2=C(C(=O)OC)C(=O)N(C)C2=O)C=Cc2ccccc21. The van der Waals surface area contributed by atoms with Crippen molar-refractivity contribution in [2.75, 3.05) is 25.6 Å². The van der Waals surface area contributed by atoms with Crippen molar-refractivity contribution in [2.24, 2.45) is 0 Å². The molecule has 0 spiro atoms. The van der Waals surface area contributed by atoms with Gasteiger partial charge in [-0.2, -0.15) is 0 Å². The van der Waals surface area contributed by atoms with E-state index in [4.69, 9.17) is 0 Å². The molecule has 25 heavy (non-hydrogen) atoms. The van der Waals surface area contributed by atoms with E-state index in [1.165, 1.54) is 14.2 Å². The summed E-state index contributed by atoms with van der Waals surface area (Å²) in [5.41, 5.74) is 2.62. The zero-order valence-electron chi connectivity index (χ0n) is 14.3. The molecule has 2 aliphatic heterocycles. The van der Waals surface area contributed by atoms with Crippen LogP contribution < -0.4 is 4.90 Å². The minimum absolute atomic E-state index is 0.0526. The Labute approximate surface area is 145 Å². The third-order valence-electron chi connectivity index (χ3n) is 4.29. The maximum absolute atomic E-state index is 12.4. The number of rotatable bonds is 3. The van der Waals surface area contributed by atoms with Crippen LogP contribution in [0.25, 0.3) is 6.08 Å². The summed E-state index contributed by atoms with van der Waals surface area (Å²) in [6.45, 7) is 2.67. The van der Waals surface area contributed by atoms with Crippen molar-refractivity contribution in [2.45, 2.75) is 6.92 Å². The Hall–Kier alpha value is -3.15. The lowest BCUT2D eigenvalue weighted by molar-refractivity contribution is -0.140. The summed E-state index contributed by atoms with van der Waals surface area (Å²) in [5.74, 6) is -1.97. The number of esters is 1. The van der Waals surface area contributed by atoms with E-state index in [0.29, 0.717) is 6.54 Å². The van der Waals surface area contributed by atoms with Gasteiger partial charge in [-0.15, -0.1) is 0 Å². The summed E-state index contributed by atoms with van der Waals surface area (Å²) in [7, 11) is 2.54. The minimum Gasteiger partial charge on any atom is -0.465 e. The quantitative estimate of drug-likeness (QED) is 0.478. The maximum atomic E-state index is 12.4. The zero-order chi connectivity index (χ0) is 18.1. The normalized spacial score (nSPS) is 18.3. The maximum Gasteiger partial charge on any atom is 0.344 e. The van der Waals surface area contributed by atoms with E-state index in [0.717, 1.165) is 21.8 Å². The van der Waals surface area contributed by atoms with Gasteiger partial charge in [0.15, 0.2) is 0 Å². The van der Waals surface area contributed by atoms with E-state index in [-0.39, 0.29) is 11.1 Å². The highest BCUT2D eigenvalue weighted by molar-refractivity contribution is 6.31. The van der Waals surface area contributed by atoms with Crippen LogP contribution >= 0.6 is 0 Å². The minimum atomic E-state index is -0.808. The number of fused-ring (bicyclic) bond motifs is 1. The Bertz CT molecular complexity index is 864. The van der Waals surface area contributed by atoms with Crippen LogP contribution in [0, 0.1) is 0 Å². The van der Waals surface area contributed by atoms with E-state index in [1.54, 1.807) is 6.08 Å². The second kappa shape index (κ2) is 6.39. The lowest BCUT2D eigenvalue weighted by Crippen LogP contribution is -2.28. The van der Waals surface area contributed by atoms with E-state index >= 15 is 0 Å². The molecule has 0 N–H and O–H groups in total. The molecule has 0 aromatic heterocycles. The molecule has 0 bridgehead atoms. The number of benzene rings is 1. The van der Waals surface area contributed by atoms with Crippen LogP contribution in [0.2, 0.25) is 0 Å². The molecule has 2 aliphatic rings. The molecule has 2 heterocycles. The Kier molecular flexibility index (Phi) is 4.27. The fourth-order valence-corrected chi connectivity index (χ4v) is 3.00. The number of para-hydroxylation sites is 1. The van der Waals surface area contributed by atoms with E-state index < -0.39 is 17.8 Å². The van der Waals surface area contributed by atoms with E-state index in [1.807, 2.05) is 48.2 Å². The summed E-state index contributed by atoms with van der Waals surface area (Å²) in [6.07, 6.45) is 5.38. The van der Waals surface area contributed by atoms with Gasteiger partial charge in [0.2, 0.25) is 0 Å². The highest BCUT2D eigenvalue weighted by Crippen LogP contribution is 2.32. The van der Waals surface area contributed by atoms with Crippen molar-refractivity contribution in [3.8, 4) is 0 Å². The Morgan fingerprint density at radius 2 is 1.88 bits per heavy atom. The Morgan fingerprint density at radius 1 is 1.16 bits per heavy atom. The van der Waals surface area contributed by atoms with Gasteiger partial charge in [-0.25, -0.2) is 4.79 Å². The molecular weight excluding hydrogens is 320 g/mol. The van der Waals surface area contributed by atoms with Crippen molar-refractivity contribution >= 4 is 29.5 Å². The number of imide groups is 1. The number of nitrogens with zero attached hydrogens (tertiary/aromatic N) is 2. The summed E-state index contributed by atoms with van der Waals surface area (Å²) >= 11 is 0. The number of amides is 2. The average molecular weight is 338 g/mol. The number of hydrogen-bond acceptors (Lipinski definition) is 5. The molecule has 3 rings (SSSR count). The molecule has 1 aromatic carbocycles. The second-order valence-electron chi connectivity index (χ2n) is 5.66. The highest BCUT2D eigenvalue weighted by Gasteiger charge is 2.39. The molecule has 0 radical (unpaired) electrons. The number of allylic oxidation sites excluding steroid dienone is 1. The molecule has 128 valence electrons. The molecule has 1 aromatic rings. The van der Waals surface area contributed by atoms with Crippen LogP contribution in [-0.4, -0.2) is 43.4 Å². The fraction of sp³-hybridized carbons (Fsp3) is 0.211. The monoisotopic (exact) mass is 338 g/mol. The van der Waals surface area contributed by atoms with Crippen LogP contribution in [-0.2, 0) is 19.1 Å². The first-order chi connectivity index (χ1) is 12.0. The largest absolute Gasteiger partial charge is 0.465 e. The van der Waals surface area contributed by atoms with Gasteiger partial charge in [0.25, 0.3) is 11.8 Å². The lowest BCUT2D eigenvalue weighted by Gasteiger charge is -2.29. The summed E-state index contributed by atoms with van der Waals surface area (Å²) < 4.78 is 4.67. The highest BCUT2D eigenvalue weighted by atomic mass is 16.5. The standard InChI is InChI=1S/C19H18N2O4/c1-4-21-13(10-9-12-7-5-6-8-15(12)21)11-14-16(19(24)25-3)18(23)20(2)17(14)22/h5-11H,4H2,1-3H3/b13-11+. The fourth-order valence-electron chi connectivity index (χ4n) is 3.00. The van der Waals surface area contributed by atoms with Gasteiger partial charge in [-0.1, -0.05) is 24.3 Å². The zero-order valence-corrected chi connectivity index (χ0v) is 14.3. The molecule has 0 unspecified atom stereocenters. The topological polar surface area (TPSA) is 66.9 Å². The van der Waals surface area contributed by atoms with Crippen LogP contribution in [0.4, 0.5) is 5.69 Å². The number of methoxy groups -OCH3 is 1. The third kappa shape index (κ3) is 2.65. The summed E-state index contributed by atoms with van der Waals surface area (Å²) in [6, 6.07) is 7.88. The molecule has 0 saturated carbocycles. The average Bonchev–Trinajstić information content (AvgIpc) is 2.85. The number of hydrogen-bond donors (Lipinski definition) is 0. The predicted octanol–water partition coefficient (Wildman–Crippen LogP) is 1.89. The second-order valence-corrected chi connectivity index (χ2v) is 5.66. The molecule has 6 heteroatoms. The molecule has 0 fully saturated rings. The lowest BCUT2D eigenvalue weighted by atomic mass is 10.0. The number of likely N-dealkylation sites (N-methyl/N-ethyl adjacent to an activating group) is 2. The number of anilines is 1. The summed E-state index contributed by atoms with van der Waals surface area (Å²) in [5, 5.41) is 0. The first-order valence-corrected chi connectivity index (χ1v) is 7.91. The van der Waals surface area contributed by atoms with Crippen LogP contribution in [0.3, 0.4) is 0 Å². The summed E-state index contributed by atoms with van der Waals surface area (Å²) in [4.78, 5) is 39.5. The smallest absolute Gasteiger partial charge is 0.344 e. The predicted molar refractivity (Wildman–Crippen MR) is 93.4 cm³/mol. The molecule has 0 aliphatic carbocycles. The first kappa shape index (κ1) is 16.7. The molecule has 0 saturated heterocycles. The molecule has 6 nitrogen and oxygen atoms in total. The number of ether oxygens (including phenoxy) is 1. The van der Waals surface area contributed by atoms with Crippen LogP contribution in [0.5, 0.6) is 0 Å². The van der Waals surface area contributed by atoms with Crippen LogP contribution in [0.1, 0.15) is 12.5 Å². The van der Waals surface area contributed by atoms with Crippen molar-refractivity contribution < 1.29 is 19.1 Å². The molecular formula is C19H18N2O4. The third-order valence-corrected chi connectivity index (χ3v) is 4.29. The molecule has 0 atom stereocenters. The van der Waals surface area contributed by atoms with Crippen molar-refractivity contribution in [1.29, 1.82) is 0 Å². The number of carbonyl (C=O) groups is 3. The van der Waals surface area contributed by atoms with Crippen molar-refractivity contribution in [3.63, 3.8) is 0 Å². The van der Waals surface area contributed by atoms with Gasteiger partial charge >= 0.3 is 5.97 Å². The van der Waals surface area contributed by atoms with E-state index in [9.17, 15) is 14.4 Å². The van der Waals surface area contributed by atoms with Gasteiger partial charge < -0.3 is 9.64 Å². The van der Waals surface area contributed by atoms with Gasteiger partial charge in [-0.05, 0) is 30.7 Å². The van der Waals surface area contributed by atoms with E-state index in [2.05, 4.69) is 4.74 Å². The van der Waals surface area contributed by atoms with Gasteiger partial charge in [-0.3, -0.25) is 14.5 Å². The number of carbonyl (C=O) groups excluding carboxylic acids is 3. The van der Waals surface area contributed by atoms with Crippen LogP contribution in [0.15, 0.2) is 53.3 Å².